The first kappa shape index (κ1) is 15.8. The van der Waals surface area contributed by atoms with Crippen molar-refractivity contribution in [2.45, 2.75) is 12.7 Å². The van der Waals surface area contributed by atoms with Crippen molar-refractivity contribution >= 4 is 11.4 Å². The van der Waals surface area contributed by atoms with E-state index in [-0.39, 0.29) is 6.54 Å². The van der Waals surface area contributed by atoms with Crippen molar-refractivity contribution in [1.29, 1.82) is 0 Å². The van der Waals surface area contributed by atoms with E-state index in [1.807, 2.05) is 18.2 Å². The minimum absolute atomic E-state index is 0.133. The van der Waals surface area contributed by atoms with Crippen molar-refractivity contribution in [3.8, 4) is 0 Å². The van der Waals surface area contributed by atoms with Gasteiger partial charge in [0.2, 0.25) is 0 Å². The second-order valence-corrected chi connectivity index (χ2v) is 4.45. The molecule has 0 aromatic heterocycles. The number of hydrazine groups is 1. The molecule has 0 aliphatic heterocycles. The molecule has 0 fully saturated rings. The van der Waals surface area contributed by atoms with Gasteiger partial charge in [-0.25, -0.2) is 5.43 Å². The van der Waals surface area contributed by atoms with E-state index in [2.05, 4.69) is 10.9 Å². The third-order valence-electron chi connectivity index (χ3n) is 2.86. The Morgan fingerprint density at radius 2 is 1.77 bits per heavy atom. The van der Waals surface area contributed by atoms with Crippen LogP contribution < -0.4 is 10.9 Å². The molecule has 0 aliphatic carbocycles. The number of alkyl halides is 3. The van der Waals surface area contributed by atoms with Crippen LogP contribution in [0.2, 0.25) is 0 Å². The van der Waals surface area contributed by atoms with Gasteiger partial charge < -0.3 is 5.43 Å². The molecule has 2 aromatic carbocycles. The summed E-state index contributed by atoms with van der Waals surface area (Å²) in [7, 11) is 0. The molecule has 2 rings (SSSR count). The van der Waals surface area contributed by atoms with Crippen LogP contribution in [-0.2, 0) is 12.7 Å². The van der Waals surface area contributed by atoms with Gasteiger partial charge in [-0.2, -0.15) is 13.2 Å². The maximum absolute atomic E-state index is 12.7. The normalized spacial score (nSPS) is 11.2. The molecule has 22 heavy (non-hydrogen) atoms. The predicted octanol–water partition coefficient (Wildman–Crippen LogP) is 3.73. The highest BCUT2D eigenvalue weighted by Crippen LogP contribution is 2.36. The molecule has 0 saturated carbocycles. The first-order valence-corrected chi connectivity index (χ1v) is 6.26. The van der Waals surface area contributed by atoms with E-state index < -0.39 is 22.4 Å². The van der Waals surface area contributed by atoms with E-state index >= 15 is 0 Å². The standard InChI is InChI=1S/C14H12F3N3O2/c15-14(16,17)12-7-6-10(8-13(12)20(21)22)9-18-19-11-4-2-1-3-5-11/h1-8,18-19H,9H2. The fourth-order valence-corrected chi connectivity index (χ4v) is 1.85. The largest absolute Gasteiger partial charge is 0.422 e. The summed E-state index contributed by atoms with van der Waals surface area (Å²) in [6.45, 7) is 0.133. The van der Waals surface area contributed by atoms with E-state index in [0.717, 1.165) is 17.8 Å². The lowest BCUT2D eigenvalue weighted by molar-refractivity contribution is -0.388. The second-order valence-electron chi connectivity index (χ2n) is 4.45. The zero-order chi connectivity index (χ0) is 16.2. The Labute approximate surface area is 123 Å². The minimum atomic E-state index is -4.75. The highest BCUT2D eigenvalue weighted by atomic mass is 19.4. The number of rotatable bonds is 5. The maximum Gasteiger partial charge on any atom is 0.422 e. The number of hydrogen-bond donors (Lipinski definition) is 2. The lowest BCUT2D eigenvalue weighted by Gasteiger charge is -2.11. The number of nitro groups is 1. The van der Waals surface area contributed by atoms with Crippen LogP contribution in [0.15, 0.2) is 48.5 Å². The van der Waals surface area contributed by atoms with Crippen LogP contribution in [0.5, 0.6) is 0 Å². The zero-order valence-electron chi connectivity index (χ0n) is 11.2. The van der Waals surface area contributed by atoms with Gasteiger partial charge in [-0.05, 0) is 23.8 Å². The number of halogens is 3. The first-order chi connectivity index (χ1) is 10.4. The summed E-state index contributed by atoms with van der Waals surface area (Å²) < 4.78 is 38.0. The summed E-state index contributed by atoms with van der Waals surface area (Å²) in [6.07, 6.45) is -4.75. The summed E-state index contributed by atoms with van der Waals surface area (Å²) in [5.74, 6) is 0. The summed E-state index contributed by atoms with van der Waals surface area (Å²) in [5.41, 5.74) is 4.56. The molecule has 0 amide bonds. The van der Waals surface area contributed by atoms with Crippen molar-refractivity contribution in [2.24, 2.45) is 0 Å². The van der Waals surface area contributed by atoms with Gasteiger partial charge in [0.15, 0.2) is 0 Å². The van der Waals surface area contributed by atoms with Crippen LogP contribution in [0.4, 0.5) is 24.5 Å². The molecule has 0 atom stereocenters. The van der Waals surface area contributed by atoms with Crippen LogP contribution in [-0.4, -0.2) is 4.92 Å². The Kier molecular flexibility index (Phi) is 4.62. The van der Waals surface area contributed by atoms with Gasteiger partial charge in [0.1, 0.15) is 5.56 Å². The molecule has 0 spiro atoms. The first-order valence-electron chi connectivity index (χ1n) is 6.26. The SMILES string of the molecule is O=[N+]([O-])c1cc(CNNc2ccccc2)ccc1C(F)(F)F. The zero-order valence-corrected chi connectivity index (χ0v) is 11.2. The fourth-order valence-electron chi connectivity index (χ4n) is 1.85. The number of nitro benzene ring substituents is 1. The van der Waals surface area contributed by atoms with Crippen molar-refractivity contribution in [3.63, 3.8) is 0 Å². The van der Waals surface area contributed by atoms with Crippen LogP contribution >= 0.6 is 0 Å². The van der Waals surface area contributed by atoms with Gasteiger partial charge in [-0.3, -0.25) is 10.1 Å². The number of benzene rings is 2. The maximum atomic E-state index is 12.7. The molecule has 0 bridgehead atoms. The van der Waals surface area contributed by atoms with Gasteiger partial charge in [0.05, 0.1) is 4.92 Å². The Bertz CT molecular complexity index is 660. The Balaban J connectivity index is 2.09. The van der Waals surface area contributed by atoms with Crippen LogP contribution in [0.25, 0.3) is 0 Å². The number of para-hydroxylation sites is 1. The molecule has 0 aliphatic rings. The van der Waals surface area contributed by atoms with E-state index in [0.29, 0.717) is 5.56 Å². The fraction of sp³-hybridized carbons (Fsp3) is 0.143. The highest BCUT2D eigenvalue weighted by Gasteiger charge is 2.38. The molecule has 5 nitrogen and oxygen atoms in total. The predicted molar refractivity (Wildman–Crippen MR) is 75.0 cm³/mol. The monoisotopic (exact) mass is 311 g/mol. The minimum Gasteiger partial charge on any atom is -0.321 e. The summed E-state index contributed by atoms with van der Waals surface area (Å²) in [5, 5.41) is 10.8. The molecule has 2 N–H and O–H groups in total. The summed E-state index contributed by atoms with van der Waals surface area (Å²) in [6, 6.07) is 11.9. The van der Waals surface area contributed by atoms with Crippen LogP contribution in [0.3, 0.4) is 0 Å². The van der Waals surface area contributed by atoms with E-state index in [1.54, 1.807) is 12.1 Å². The quantitative estimate of drug-likeness (QED) is 0.652. The molecular formula is C14H12F3N3O2. The molecule has 0 heterocycles. The van der Waals surface area contributed by atoms with Crippen molar-refractivity contribution in [2.75, 3.05) is 5.43 Å². The summed E-state index contributed by atoms with van der Waals surface area (Å²) >= 11 is 0. The van der Waals surface area contributed by atoms with Gasteiger partial charge in [0.25, 0.3) is 5.69 Å². The average Bonchev–Trinajstić information content (AvgIpc) is 2.47. The van der Waals surface area contributed by atoms with Gasteiger partial charge >= 0.3 is 6.18 Å². The smallest absolute Gasteiger partial charge is 0.321 e. The molecule has 0 saturated heterocycles. The number of nitrogens with one attached hydrogen (secondary N) is 2. The van der Waals surface area contributed by atoms with Crippen molar-refractivity contribution < 1.29 is 18.1 Å². The van der Waals surface area contributed by atoms with E-state index in [9.17, 15) is 23.3 Å². The molecule has 0 radical (unpaired) electrons. The van der Waals surface area contributed by atoms with E-state index in [4.69, 9.17) is 0 Å². The third kappa shape index (κ3) is 3.95. The van der Waals surface area contributed by atoms with Gasteiger partial charge in [0, 0.05) is 18.3 Å². The second kappa shape index (κ2) is 6.44. The topological polar surface area (TPSA) is 67.2 Å². The Morgan fingerprint density at radius 1 is 1.09 bits per heavy atom. The molecule has 0 unspecified atom stereocenters. The van der Waals surface area contributed by atoms with Crippen molar-refractivity contribution in [3.05, 3.63) is 69.8 Å². The molecule has 8 heteroatoms. The summed E-state index contributed by atoms with van der Waals surface area (Å²) in [4.78, 5) is 9.75. The lowest BCUT2D eigenvalue weighted by atomic mass is 10.1. The number of nitrogens with zero attached hydrogens (tertiary/aromatic N) is 1. The van der Waals surface area contributed by atoms with Gasteiger partial charge in [-0.15, -0.1) is 0 Å². The molecular weight excluding hydrogens is 299 g/mol. The third-order valence-corrected chi connectivity index (χ3v) is 2.86. The average molecular weight is 311 g/mol. The van der Waals surface area contributed by atoms with Crippen molar-refractivity contribution in [1.82, 2.24) is 5.43 Å². The number of anilines is 1. The Hall–Kier alpha value is -2.61. The highest BCUT2D eigenvalue weighted by molar-refractivity contribution is 5.45. The van der Waals surface area contributed by atoms with Crippen LogP contribution in [0.1, 0.15) is 11.1 Å². The molecule has 116 valence electrons. The van der Waals surface area contributed by atoms with Crippen LogP contribution in [0, 0.1) is 10.1 Å². The lowest BCUT2D eigenvalue weighted by Crippen LogP contribution is -2.21. The van der Waals surface area contributed by atoms with Gasteiger partial charge in [-0.1, -0.05) is 24.3 Å². The van der Waals surface area contributed by atoms with E-state index in [1.165, 1.54) is 6.07 Å². The Morgan fingerprint density at radius 3 is 2.36 bits per heavy atom. The molecule has 2 aromatic rings. The number of hydrogen-bond acceptors (Lipinski definition) is 4.